The summed E-state index contributed by atoms with van der Waals surface area (Å²) in [6, 6.07) is 15.0. The van der Waals surface area contributed by atoms with Crippen LogP contribution in [0.25, 0.3) is 16.6 Å². The molecule has 1 N–H and O–H groups in total. The molecule has 0 saturated heterocycles. The third-order valence-electron chi connectivity index (χ3n) is 7.14. The molecule has 4 aromatic rings. The van der Waals surface area contributed by atoms with E-state index in [-0.39, 0.29) is 33.8 Å². The van der Waals surface area contributed by atoms with Crippen LogP contribution in [0.1, 0.15) is 36.7 Å². The van der Waals surface area contributed by atoms with E-state index in [9.17, 15) is 14.4 Å². The Morgan fingerprint density at radius 2 is 1.84 bits per heavy atom. The summed E-state index contributed by atoms with van der Waals surface area (Å²) in [5.74, 6) is 0.0939. The molecule has 0 aliphatic heterocycles. The van der Waals surface area contributed by atoms with E-state index in [1.54, 1.807) is 49.6 Å². The molecular formula is C28H31ClN4O4Si. The van der Waals surface area contributed by atoms with Gasteiger partial charge < -0.3 is 9.41 Å². The van der Waals surface area contributed by atoms with Crippen LogP contribution in [0.3, 0.4) is 0 Å². The number of fused-ring (bicyclic) bond motifs is 1. The van der Waals surface area contributed by atoms with E-state index in [1.165, 1.54) is 17.0 Å². The van der Waals surface area contributed by atoms with Gasteiger partial charge in [-0.1, -0.05) is 50.6 Å². The average Bonchev–Trinajstić information content (AvgIpc) is 2.87. The van der Waals surface area contributed by atoms with Crippen molar-refractivity contribution >= 4 is 42.5 Å². The van der Waals surface area contributed by atoms with E-state index < -0.39 is 19.6 Å². The second kappa shape index (κ2) is 10.3. The summed E-state index contributed by atoms with van der Waals surface area (Å²) in [6.45, 7) is 11.0. The topological polar surface area (TPSA) is 97.3 Å². The van der Waals surface area contributed by atoms with Gasteiger partial charge >= 0.3 is 5.69 Å². The number of carbonyl (C=O) groups excluding carboxylic acids is 1. The van der Waals surface area contributed by atoms with Gasteiger partial charge in [0, 0.05) is 18.8 Å². The molecule has 0 fully saturated rings. The summed E-state index contributed by atoms with van der Waals surface area (Å²) in [5, 5.41) is 0.489. The number of aromatic amines is 1. The van der Waals surface area contributed by atoms with E-state index in [4.69, 9.17) is 16.0 Å². The van der Waals surface area contributed by atoms with Gasteiger partial charge in [0.1, 0.15) is 5.82 Å². The fourth-order valence-electron chi connectivity index (χ4n) is 3.81. The van der Waals surface area contributed by atoms with Crippen LogP contribution < -0.4 is 16.1 Å². The molecule has 0 atom stereocenters. The van der Waals surface area contributed by atoms with Crippen LogP contribution >= 0.6 is 11.6 Å². The molecule has 38 heavy (non-hydrogen) atoms. The third kappa shape index (κ3) is 5.22. The Morgan fingerprint density at radius 3 is 2.50 bits per heavy atom. The largest absolute Gasteiger partial charge is 0.413 e. The van der Waals surface area contributed by atoms with Crippen molar-refractivity contribution in [2.45, 2.75) is 45.5 Å². The predicted octanol–water partition coefficient (Wildman–Crippen LogP) is 5.53. The summed E-state index contributed by atoms with van der Waals surface area (Å²) in [5.41, 5.74) is 0.238. The van der Waals surface area contributed by atoms with Crippen LogP contribution in [0.15, 0.2) is 70.4 Å². The highest BCUT2D eigenvalue weighted by atomic mass is 35.5. The van der Waals surface area contributed by atoms with Gasteiger partial charge in [0.25, 0.3) is 11.5 Å². The van der Waals surface area contributed by atoms with Gasteiger partial charge in [-0.05, 0) is 60.1 Å². The first-order chi connectivity index (χ1) is 17.8. The van der Waals surface area contributed by atoms with Gasteiger partial charge in [-0.15, -0.1) is 0 Å². The van der Waals surface area contributed by atoms with Crippen molar-refractivity contribution in [3.63, 3.8) is 0 Å². The number of carbonyl (C=O) groups is 1. The molecule has 0 radical (unpaired) electrons. The van der Waals surface area contributed by atoms with Gasteiger partial charge in [0.2, 0.25) is 0 Å². The molecule has 4 rings (SSSR count). The number of rotatable bonds is 6. The van der Waals surface area contributed by atoms with E-state index >= 15 is 0 Å². The van der Waals surface area contributed by atoms with Crippen molar-refractivity contribution in [1.82, 2.24) is 14.5 Å². The van der Waals surface area contributed by atoms with Crippen LogP contribution in [-0.4, -0.2) is 35.8 Å². The fraction of sp³-hybridized carbons (Fsp3) is 0.286. The normalized spacial score (nSPS) is 12.1. The lowest BCUT2D eigenvalue weighted by molar-refractivity contribution is 0.0992. The van der Waals surface area contributed by atoms with Crippen molar-refractivity contribution in [1.29, 1.82) is 0 Å². The van der Waals surface area contributed by atoms with Crippen molar-refractivity contribution in [3.05, 3.63) is 97.8 Å². The van der Waals surface area contributed by atoms with Crippen LogP contribution in [-0.2, 0) is 11.0 Å². The lowest BCUT2D eigenvalue weighted by Crippen LogP contribution is -2.40. The summed E-state index contributed by atoms with van der Waals surface area (Å²) < 4.78 is 7.35. The molecule has 1 amide bonds. The van der Waals surface area contributed by atoms with E-state index in [0.717, 1.165) is 4.57 Å². The lowest BCUT2D eigenvalue weighted by Gasteiger charge is -2.36. The number of benzene rings is 2. The molecule has 10 heteroatoms. The molecule has 0 unspecified atom stereocenters. The van der Waals surface area contributed by atoms with Crippen LogP contribution in [0.2, 0.25) is 23.2 Å². The minimum atomic E-state index is -2.10. The zero-order chi connectivity index (χ0) is 27.8. The molecule has 0 saturated carbocycles. The molecule has 8 nitrogen and oxygen atoms in total. The zero-order valence-corrected chi connectivity index (χ0v) is 24.1. The third-order valence-corrected chi connectivity index (χ3v) is 11.9. The number of anilines is 1. The lowest BCUT2D eigenvalue weighted by atomic mass is 10.1. The Morgan fingerprint density at radius 1 is 1.11 bits per heavy atom. The monoisotopic (exact) mass is 550 g/mol. The fourth-order valence-corrected chi connectivity index (χ4v) is 4.96. The number of hydrogen-bond acceptors (Lipinski definition) is 5. The maximum atomic E-state index is 13.8. The van der Waals surface area contributed by atoms with Crippen molar-refractivity contribution < 1.29 is 9.22 Å². The predicted molar refractivity (Wildman–Crippen MR) is 154 cm³/mol. The molecule has 2 heterocycles. The number of pyridine rings is 1. The molecule has 198 valence electrons. The van der Waals surface area contributed by atoms with E-state index in [0.29, 0.717) is 22.3 Å². The summed E-state index contributed by atoms with van der Waals surface area (Å²) in [4.78, 5) is 48.5. The average molecular weight is 551 g/mol. The van der Waals surface area contributed by atoms with Crippen LogP contribution in [0, 0.1) is 0 Å². The van der Waals surface area contributed by atoms with Gasteiger partial charge in [-0.3, -0.25) is 14.5 Å². The smallest absolute Gasteiger partial charge is 0.333 e. The molecule has 0 bridgehead atoms. The Labute approximate surface area is 227 Å². The summed E-state index contributed by atoms with van der Waals surface area (Å²) in [6.07, 6.45) is 1.59. The van der Waals surface area contributed by atoms with Crippen LogP contribution in [0.5, 0.6) is 0 Å². The van der Waals surface area contributed by atoms with Gasteiger partial charge in [0.15, 0.2) is 8.32 Å². The van der Waals surface area contributed by atoms with E-state index in [1.807, 2.05) is 6.07 Å². The summed E-state index contributed by atoms with van der Waals surface area (Å²) in [7, 11) is -0.498. The molecule has 2 aromatic carbocycles. The highest BCUT2D eigenvalue weighted by molar-refractivity contribution is 6.74. The Kier molecular flexibility index (Phi) is 7.47. The molecular weight excluding hydrogens is 520 g/mol. The molecule has 2 aromatic heterocycles. The maximum Gasteiger partial charge on any atom is 0.333 e. The summed E-state index contributed by atoms with van der Waals surface area (Å²) >= 11 is 6.47. The van der Waals surface area contributed by atoms with Crippen molar-refractivity contribution in [2.24, 2.45) is 0 Å². The minimum absolute atomic E-state index is 0.00493. The Hall–Kier alpha value is -3.53. The number of halogens is 1. The quantitative estimate of drug-likeness (QED) is 0.318. The van der Waals surface area contributed by atoms with Gasteiger partial charge in [-0.25, -0.2) is 14.3 Å². The Balaban J connectivity index is 1.81. The molecule has 0 aliphatic carbocycles. The first-order valence-corrected chi connectivity index (χ1v) is 15.5. The number of aromatic nitrogens is 3. The number of amides is 1. The second-order valence-electron chi connectivity index (χ2n) is 10.7. The maximum absolute atomic E-state index is 13.8. The number of nitrogens with zero attached hydrogens (tertiary/aromatic N) is 3. The first-order valence-electron chi connectivity index (χ1n) is 12.2. The number of nitrogens with one attached hydrogen (secondary N) is 1. The highest BCUT2D eigenvalue weighted by Crippen LogP contribution is 2.37. The minimum Gasteiger partial charge on any atom is -0.413 e. The van der Waals surface area contributed by atoms with Gasteiger partial charge in [-0.2, -0.15) is 0 Å². The van der Waals surface area contributed by atoms with Crippen LogP contribution in [0.4, 0.5) is 5.82 Å². The van der Waals surface area contributed by atoms with Crippen molar-refractivity contribution in [2.75, 3.05) is 11.9 Å². The standard InChI is InChI=1S/C28H31ClN4O4Si/c1-28(2,3)38(5,6)37-17-19-10-9-11-21-24(19)26(35)33(27(36)31-21)22-16-18(13-14-20(22)29)25(34)32(4)23-12-7-8-15-30-23/h7-16H,17H2,1-6H3,(H,31,36). The van der Waals surface area contributed by atoms with E-state index in [2.05, 4.69) is 43.8 Å². The molecule has 0 aliphatic rings. The zero-order valence-electron chi connectivity index (χ0n) is 22.3. The highest BCUT2D eigenvalue weighted by Gasteiger charge is 2.37. The number of hydrogen-bond donors (Lipinski definition) is 1. The second-order valence-corrected chi connectivity index (χ2v) is 15.9. The SMILES string of the molecule is CN(C(=O)c1ccc(Cl)c(-n2c(=O)[nH]c3cccc(CO[Si](C)(C)C(C)(C)C)c3c2=O)c1)c1ccccn1. The first kappa shape index (κ1) is 27.5. The molecule has 0 spiro atoms. The number of H-pyrrole nitrogens is 1. The van der Waals surface area contributed by atoms with Crippen molar-refractivity contribution in [3.8, 4) is 5.69 Å². The van der Waals surface area contributed by atoms with Gasteiger partial charge in [0.05, 0.1) is 28.2 Å². The Bertz CT molecular complexity index is 1620.